The van der Waals surface area contributed by atoms with Crippen molar-refractivity contribution in [1.82, 2.24) is 15.2 Å². The molecule has 0 spiro atoms. The van der Waals surface area contributed by atoms with E-state index in [2.05, 4.69) is 15.6 Å². The van der Waals surface area contributed by atoms with Gasteiger partial charge in [-0.25, -0.2) is 9.78 Å². The summed E-state index contributed by atoms with van der Waals surface area (Å²) in [4.78, 5) is 48.9. The Bertz CT molecular complexity index is 1700. The third kappa shape index (κ3) is 4.74. The zero-order chi connectivity index (χ0) is 28.8. The predicted molar refractivity (Wildman–Crippen MR) is 160 cm³/mol. The van der Waals surface area contributed by atoms with Crippen LogP contribution in [0.5, 0.6) is 11.5 Å². The Balaban J connectivity index is 1.14. The maximum absolute atomic E-state index is 13.6. The van der Waals surface area contributed by atoms with Gasteiger partial charge in [0.15, 0.2) is 0 Å². The Labute approximate surface area is 246 Å². The highest BCUT2D eigenvalue weighted by Gasteiger charge is 2.36. The molecule has 4 aromatic rings. The molecule has 2 saturated heterocycles. The van der Waals surface area contributed by atoms with Gasteiger partial charge in [-0.2, -0.15) is 0 Å². The molecule has 0 saturated carbocycles. The molecule has 42 heavy (non-hydrogen) atoms. The molecule has 2 aromatic carbocycles. The van der Waals surface area contributed by atoms with Gasteiger partial charge in [0.2, 0.25) is 5.91 Å². The number of para-hydroxylation sites is 1. The van der Waals surface area contributed by atoms with Crippen molar-refractivity contribution < 1.29 is 23.9 Å². The maximum Gasteiger partial charge on any atom is 0.331 e. The Morgan fingerprint density at radius 2 is 1.93 bits per heavy atom. The monoisotopic (exact) mass is 583 g/mol. The molecule has 3 aliphatic heterocycles. The maximum atomic E-state index is 13.6. The van der Waals surface area contributed by atoms with E-state index in [0.717, 1.165) is 29.5 Å². The van der Waals surface area contributed by atoms with Gasteiger partial charge in [0.25, 0.3) is 5.91 Å². The number of ether oxygens (including phenoxy) is 2. The Kier molecular flexibility index (Phi) is 6.75. The van der Waals surface area contributed by atoms with Crippen molar-refractivity contribution in [2.75, 3.05) is 36.5 Å². The van der Waals surface area contributed by atoms with Gasteiger partial charge in [-0.3, -0.25) is 14.5 Å². The Morgan fingerprint density at radius 1 is 1.10 bits per heavy atom. The van der Waals surface area contributed by atoms with Crippen molar-refractivity contribution in [3.05, 3.63) is 71.2 Å². The predicted octanol–water partition coefficient (Wildman–Crippen LogP) is 5.45. The number of carbonyl (C=O) groups excluding carboxylic acids is 3. The van der Waals surface area contributed by atoms with Crippen LogP contribution in [0.15, 0.2) is 60.8 Å². The smallest absolute Gasteiger partial charge is 0.331 e. The van der Waals surface area contributed by atoms with Crippen LogP contribution in [-0.4, -0.2) is 60.1 Å². The number of hydrogen-bond acceptors (Lipinski definition) is 7. The molecule has 0 radical (unpaired) electrons. The molecule has 0 aliphatic carbocycles. The molecule has 214 valence electrons. The molecule has 11 heteroatoms. The third-order valence-electron chi connectivity index (χ3n) is 7.90. The molecule has 1 atom stereocenters. The van der Waals surface area contributed by atoms with Crippen molar-refractivity contribution in [2.45, 2.75) is 25.8 Å². The summed E-state index contributed by atoms with van der Waals surface area (Å²) in [7, 11) is 0. The fraction of sp³-hybridized carbons (Fsp3) is 0.290. The number of likely N-dealkylation sites (tertiary alicyclic amines) is 1. The number of anilines is 3. The number of urea groups is 1. The number of rotatable bonds is 6. The second kappa shape index (κ2) is 10.7. The van der Waals surface area contributed by atoms with Crippen LogP contribution in [0.25, 0.3) is 10.2 Å². The second-order valence-electron chi connectivity index (χ2n) is 10.8. The van der Waals surface area contributed by atoms with E-state index in [9.17, 15) is 14.4 Å². The van der Waals surface area contributed by atoms with E-state index in [4.69, 9.17) is 9.47 Å². The molecule has 2 fully saturated rings. The number of pyridine rings is 1. The Morgan fingerprint density at radius 3 is 2.69 bits per heavy atom. The van der Waals surface area contributed by atoms with Gasteiger partial charge in [-0.1, -0.05) is 18.2 Å². The number of hydrogen-bond donors (Lipinski definition) is 2. The number of nitrogens with one attached hydrogen (secondary N) is 2. The number of amides is 4. The summed E-state index contributed by atoms with van der Waals surface area (Å²) in [6.45, 7) is 4.02. The van der Waals surface area contributed by atoms with Crippen LogP contribution in [0.1, 0.15) is 28.1 Å². The first kappa shape index (κ1) is 26.4. The summed E-state index contributed by atoms with van der Waals surface area (Å²) in [5.41, 5.74) is 2.68. The van der Waals surface area contributed by atoms with Gasteiger partial charge in [-0.15, -0.1) is 11.3 Å². The average Bonchev–Trinajstić information content (AvgIpc) is 3.33. The molecule has 0 bridgehead atoms. The minimum absolute atomic E-state index is 0.0783. The van der Waals surface area contributed by atoms with Crippen LogP contribution in [0.3, 0.4) is 0 Å². The van der Waals surface area contributed by atoms with Crippen LogP contribution in [-0.2, 0) is 9.53 Å². The van der Waals surface area contributed by atoms with Gasteiger partial charge in [0.1, 0.15) is 21.2 Å². The van der Waals surface area contributed by atoms with E-state index in [-0.39, 0.29) is 29.8 Å². The minimum atomic E-state index is -0.362. The van der Waals surface area contributed by atoms with E-state index in [1.54, 1.807) is 17.2 Å². The summed E-state index contributed by atoms with van der Waals surface area (Å²) >= 11 is 1.25. The quantitative estimate of drug-likeness (QED) is 0.312. The topological polar surface area (TPSA) is 113 Å². The summed E-state index contributed by atoms with van der Waals surface area (Å²) in [6, 6.07) is 16.4. The second-order valence-corrected chi connectivity index (χ2v) is 11.8. The third-order valence-corrected chi connectivity index (χ3v) is 8.99. The van der Waals surface area contributed by atoms with Gasteiger partial charge in [0.05, 0.1) is 41.6 Å². The van der Waals surface area contributed by atoms with Crippen molar-refractivity contribution in [2.24, 2.45) is 5.92 Å². The van der Waals surface area contributed by atoms with Crippen LogP contribution in [0, 0.1) is 12.8 Å². The molecular formula is C31H29N5O5S. The molecule has 7 rings (SSSR count). The molecule has 2 aromatic heterocycles. The zero-order valence-corrected chi connectivity index (χ0v) is 23.8. The molecule has 2 N–H and O–H groups in total. The number of nitrogens with zero attached hydrogens (tertiary/aromatic N) is 3. The molecule has 4 amide bonds. The van der Waals surface area contributed by atoms with E-state index < -0.39 is 0 Å². The highest BCUT2D eigenvalue weighted by Crippen LogP contribution is 2.46. The fourth-order valence-electron chi connectivity index (χ4n) is 5.73. The van der Waals surface area contributed by atoms with Crippen molar-refractivity contribution in [3.63, 3.8) is 0 Å². The van der Waals surface area contributed by atoms with Crippen LogP contribution in [0.2, 0.25) is 0 Å². The summed E-state index contributed by atoms with van der Waals surface area (Å²) < 4.78 is 11.2. The van der Waals surface area contributed by atoms with Crippen LogP contribution < -0.4 is 20.3 Å². The number of piperidine rings is 1. The molecule has 10 nitrogen and oxygen atoms in total. The first-order chi connectivity index (χ1) is 20.5. The SMILES string of the molecule is Cc1cc(Oc2ccccc2)ccc1N1C(=O)Nc2c(C(=O)N[C@@H]3CCCN(C(=O)C4COC4)C3)sc3nccc1c23. The zero-order valence-electron chi connectivity index (χ0n) is 23.0. The number of thiophene rings is 1. The van der Waals surface area contributed by atoms with Gasteiger partial charge in [0, 0.05) is 25.3 Å². The lowest BCUT2D eigenvalue weighted by molar-refractivity contribution is -0.151. The standard InChI is InChI=1S/C31H29N5O5S/c1-18-14-22(41-21-7-3-2-4-8-21)9-10-23(18)36-24-11-12-32-29-25(24)26(34-31(36)39)27(42-29)28(37)33-20-6-5-13-35(15-20)30(38)19-16-40-17-19/h2-4,7-12,14,19-20H,5-6,13,15-17H2,1H3,(H,33,37)(H,34,39)/t20-/m1/s1. The van der Waals surface area contributed by atoms with E-state index in [1.807, 2.05) is 60.4 Å². The van der Waals surface area contributed by atoms with Crippen LogP contribution >= 0.6 is 11.3 Å². The molecule has 5 heterocycles. The minimum Gasteiger partial charge on any atom is -0.457 e. The van der Waals surface area contributed by atoms with Gasteiger partial charge < -0.3 is 25.0 Å². The molecule has 3 aliphatic rings. The highest BCUT2D eigenvalue weighted by atomic mass is 32.1. The fourth-order valence-corrected chi connectivity index (χ4v) is 6.76. The normalized spacial score (nSPS) is 18.4. The van der Waals surface area contributed by atoms with Crippen LogP contribution in [0.4, 0.5) is 21.9 Å². The van der Waals surface area contributed by atoms with Gasteiger partial charge >= 0.3 is 6.03 Å². The van der Waals surface area contributed by atoms with Gasteiger partial charge in [-0.05, 0) is 61.7 Å². The number of aromatic nitrogens is 1. The first-order valence-corrected chi connectivity index (χ1v) is 14.8. The number of benzene rings is 2. The molecular weight excluding hydrogens is 554 g/mol. The van der Waals surface area contributed by atoms with E-state index >= 15 is 0 Å². The average molecular weight is 584 g/mol. The summed E-state index contributed by atoms with van der Waals surface area (Å²) in [5, 5.41) is 6.80. The number of carbonyl (C=O) groups is 3. The summed E-state index contributed by atoms with van der Waals surface area (Å²) in [5.74, 6) is 1.13. The van der Waals surface area contributed by atoms with Crippen molar-refractivity contribution >= 4 is 56.5 Å². The lowest BCUT2D eigenvalue weighted by Crippen LogP contribution is -2.53. The molecule has 0 unspecified atom stereocenters. The van der Waals surface area contributed by atoms with E-state index in [1.165, 1.54) is 11.3 Å². The van der Waals surface area contributed by atoms with Crippen molar-refractivity contribution in [3.8, 4) is 11.5 Å². The lowest BCUT2D eigenvalue weighted by Gasteiger charge is -2.37. The Hall–Kier alpha value is -4.48. The lowest BCUT2D eigenvalue weighted by atomic mass is 10.0. The highest BCUT2D eigenvalue weighted by molar-refractivity contribution is 7.21. The summed E-state index contributed by atoms with van der Waals surface area (Å²) in [6.07, 6.45) is 3.25. The largest absolute Gasteiger partial charge is 0.457 e. The first-order valence-electron chi connectivity index (χ1n) is 14.0. The number of aryl methyl sites for hydroxylation is 1. The van der Waals surface area contributed by atoms with E-state index in [0.29, 0.717) is 58.8 Å². The van der Waals surface area contributed by atoms with Crippen molar-refractivity contribution in [1.29, 1.82) is 0 Å².